The third kappa shape index (κ3) is 4.51. The number of thioether (sulfide) groups is 1. The molecule has 130 valence electrons. The van der Waals surface area contributed by atoms with Crippen molar-refractivity contribution in [3.05, 3.63) is 33.7 Å². The van der Waals surface area contributed by atoms with E-state index in [2.05, 4.69) is 15.4 Å². The molecule has 2 rings (SSSR count). The van der Waals surface area contributed by atoms with Crippen LogP contribution in [0.2, 0.25) is 0 Å². The Hall–Kier alpha value is -2.00. The molecular formula is C15H18N2O5S2. The molecule has 7 nitrogen and oxygen atoms in total. The molecule has 0 fully saturated rings. The van der Waals surface area contributed by atoms with Gasteiger partial charge in [0.25, 0.3) is 0 Å². The number of carbonyl (C=O) groups is 3. The summed E-state index contributed by atoms with van der Waals surface area (Å²) in [4.78, 5) is 36.4. The van der Waals surface area contributed by atoms with E-state index in [-0.39, 0.29) is 18.3 Å². The summed E-state index contributed by atoms with van der Waals surface area (Å²) >= 11 is 2.69. The van der Waals surface area contributed by atoms with E-state index in [1.54, 1.807) is 6.92 Å². The molecule has 0 unspecified atom stereocenters. The fourth-order valence-corrected chi connectivity index (χ4v) is 3.75. The Bertz CT molecular complexity index is 642. The Balaban J connectivity index is 2.29. The highest BCUT2D eigenvalue weighted by Crippen LogP contribution is 2.31. The normalized spacial score (nSPS) is 17.1. The summed E-state index contributed by atoms with van der Waals surface area (Å²) in [7, 11) is 1.31. The summed E-state index contributed by atoms with van der Waals surface area (Å²) in [6.07, 6.45) is 0. The molecule has 9 heteroatoms. The number of hydrogen-bond acceptors (Lipinski definition) is 7. The summed E-state index contributed by atoms with van der Waals surface area (Å²) in [5.41, 5.74) is 0.806. The van der Waals surface area contributed by atoms with E-state index in [0.29, 0.717) is 17.0 Å². The standard InChI is InChI=1S/C15H18N2O5S2/c1-3-22-14(19)12-9(7-23-8-11(18)21-2)16-15(20)17-13(12)10-5-4-6-24-10/h4-6,13H,3,7-8H2,1-2H3,(H2,16,17,20)/t13-/m0/s1. The molecule has 0 radical (unpaired) electrons. The zero-order valence-electron chi connectivity index (χ0n) is 13.3. The van der Waals surface area contributed by atoms with E-state index < -0.39 is 18.0 Å². The number of nitrogens with one attached hydrogen (secondary N) is 2. The van der Waals surface area contributed by atoms with Crippen LogP contribution >= 0.6 is 23.1 Å². The predicted molar refractivity (Wildman–Crippen MR) is 91.7 cm³/mol. The Labute approximate surface area is 147 Å². The number of thiophene rings is 1. The molecular weight excluding hydrogens is 352 g/mol. The van der Waals surface area contributed by atoms with Gasteiger partial charge in [0.1, 0.15) is 0 Å². The van der Waals surface area contributed by atoms with Crippen molar-refractivity contribution in [2.75, 3.05) is 25.2 Å². The first-order valence-corrected chi connectivity index (χ1v) is 9.25. The van der Waals surface area contributed by atoms with Crippen LogP contribution in [0.15, 0.2) is 28.8 Å². The van der Waals surface area contributed by atoms with Gasteiger partial charge in [-0.25, -0.2) is 9.59 Å². The first-order chi connectivity index (χ1) is 11.6. The van der Waals surface area contributed by atoms with Crippen LogP contribution in [0.3, 0.4) is 0 Å². The maximum atomic E-state index is 12.4. The van der Waals surface area contributed by atoms with Crippen LogP contribution in [-0.2, 0) is 19.1 Å². The second-order valence-corrected chi connectivity index (χ2v) is 6.69. The molecule has 1 aliphatic heterocycles. The molecule has 1 aliphatic rings. The zero-order valence-corrected chi connectivity index (χ0v) is 14.9. The van der Waals surface area contributed by atoms with Crippen molar-refractivity contribution in [1.82, 2.24) is 10.6 Å². The predicted octanol–water partition coefficient (Wildman–Crippen LogP) is 1.83. The maximum absolute atomic E-state index is 12.4. The number of amides is 2. The molecule has 0 aromatic carbocycles. The van der Waals surface area contributed by atoms with Gasteiger partial charge in [-0.1, -0.05) is 6.07 Å². The molecule has 2 amide bonds. The molecule has 24 heavy (non-hydrogen) atoms. The van der Waals surface area contributed by atoms with E-state index in [4.69, 9.17) is 4.74 Å². The van der Waals surface area contributed by atoms with Crippen LogP contribution in [-0.4, -0.2) is 43.2 Å². The number of esters is 2. The van der Waals surface area contributed by atoms with Gasteiger partial charge in [-0.05, 0) is 18.4 Å². The van der Waals surface area contributed by atoms with Crippen molar-refractivity contribution in [3.63, 3.8) is 0 Å². The summed E-state index contributed by atoms with van der Waals surface area (Å²) in [5.74, 6) is -0.438. The molecule has 2 N–H and O–H groups in total. The highest BCUT2D eigenvalue weighted by molar-refractivity contribution is 8.00. The monoisotopic (exact) mass is 370 g/mol. The minimum Gasteiger partial charge on any atom is -0.468 e. The molecule has 1 aromatic rings. The third-order valence-corrected chi connectivity index (χ3v) is 5.04. The van der Waals surface area contributed by atoms with Crippen molar-refractivity contribution in [1.29, 1.82) is 0 Å². The molecule has 1 aromatic heterocycles. The lowest BCUT2D eigenvalue weighted by atomic mass is 10.0. The zero-order chi connectivity index (χ0) is 17.5. The summed E-state index contributed by atoms with van der Waals surface area (Å²) < 4.78 is 9.73. The van der Waals surface area contributed by atoms with E-state index in [1.807, 2.05) is 17.5 Å². The van der Waals surface area contributed by atoms with Gasteiger partial charge in [0.15, 0.2) is 0 Å². The van der Waals surface area contributed by atoms with Crippen LogP contribution in [0.1, 0.15) is 17.8 Å². The quantitative estimate of drug-likeness (QED) is 0.711. The van der Waals surface area contributed by atoms with E-state index in [9.17, 15) is 14.4 Å². The smallest absolute Gasteiger partial charge is 0.338 e. The SMILES string of the molecule is CCOC(=O)C1=C(CSCC(=O)OC)NC(=O)N[C@H]1c1cccs1. The van der Waals surface area contributed by atoms with Gasteiger partial charge in [-0.3, -0.25) is 4.79 Å². The van der Waals surface area contributed by atoms with E-state index >= 15 is 0 Å². The first kappa shape index (κ1) is 18.3. The Morgan fingerprint density at radius 3 is 2.83 bits per heavy atom. The largest absolute Gasteiger partial charge is 0.468 e. The van der Waals surface area contributed by atoms with Crippen LogP contribution < -0.4 is 10.6 Å². The second kappa shape index (κ2) is 8.74. The second-order valence-electron chi connectivity index (χ2n) is 4.73. The number of hydrogen-bond donors (Lipinski definition) is 2. The lowest BCUT2D eigenvalue weighted by molar-refractivity contribution is -0.139. The number of urea groups is 1. The molecule has 0 spiro atoms. The average Bonchev–Trinajstić information content (AvgIpc) is 3.08. The summed E-state index contributed by atoms with van der Waals surface area (Å²) in [6, 6.07) is 2.74. The van der Waals surface area contributed by atoms with Gasteiger partial charge in [0.05, 0.1) is 31.1 Å². The van der Waals surface area contributed by atoms with Gasteiger partial charge in [0.2, 0.25) is 0 Å². The Kier molecular flexibility index (Phi) is 6.68. The van der Waals surface area contributed by atoms with E-state index in [1.165, 1.54) is 30.2 Å². The van der Waals surface area contributed by atoms with Crippen LogP contribution in [0.5, 0.6) is 0 Å². The number of rotatable bonds is 7. The van der Waals surface area contributed by atoms with Crippen molar-refractivity contribution in [3.8, 4) is 0 Å². The lowest BCUT2D eigenvalue weighted by Crippen LogP contribution is -2.46. The van der Waals surface area contributed by atoms with Gasteiger partial charge >= 0.3 is 18.0 Å². The molecule has 0 aliphatic carbocycles. The molecule has 0 bridgehead atoms. The highest BCUT2D eigenvalue weighted by Gasteiger charge is 2.34. The van der Waals surface area contributed by atoms with E-state index in [0.717, 1.165) is 4.88 Å². The molecule has 1 atom stereocenters. The average molecular weight is 370 g/mol. The topological polar surface area (TPSA) is 93.7 Å². The van der Waals surface area contributed by atoms with Crippen LogP contribution in [0.25, 0.3) is 0 Å². The number of methoxy groups -OCH3 is 1. The fraction of sp³-hybridized carbons (Fsp3) is 0.400. The number of ether oxygens (including phenoxy) is 2. The fourth-order valence-electron chi connectivity index (χ4n) is 2.15. The van der Waals surface area contributed by atoms with Gasteiger partial charge in [0, 0.05) is 16.3 Å². The third-order valence-electron chi connectivity index (χ3n) is 3.17. The molecule has 2 heterocycles. The minimum absolute atomic E-state index is 0.128. The molecule has 0 saturated carbocycles. The van der Waals surface area contributed by atoms with Gasteiger partial charge in [-0.15, -0.1) is 23.1 Å². The van der Waals surface area contributed by atoms with Crippen molar-refractivity contribution < 1.29 is 23.9 Å². The minimum atomic E-state index is -0.563. The first-order valence-electron chi connectivity index (χ1n) is 7.22. The Morgan fingerprint density at radius 2 is 2.21 bits per heavy atom. The van der Waals surface area contributed by atoms with Gasteiger partial charge in [-0.2, -0.15) is 0 Å². The van der Waals surface area contributed by atoms with Crippen LogP contribution in [0, 0.1) is 0 Å². The number of carbonyl (C=O) groups excluding carboxylic acids is 3. The molecule has 0 saturated heterocycles. The van der Waals surface area contributed by atoms with Crippen LogP contribution in [0.4, 0.5) is 4.79 Å². The highest BCUT2D eigenvalue weighted by atomic mass is 32.2. The summed E-state index contributed by atoms with van der Waals surface area (Å²) in [6.45, 7) is 1.95. The lowest BCUT2D eigenvalue weighted by Gasteiger charge is -2.28. The van der Waals surface area contributed by atoms with Crippen molar-refractivity contribution >= 4 is 41.1 Å². The van der Waals surface area contributed by atoms with Crippen molar-refractivity contribution in [2.24, 2.45) is 0 Å². The van der Waals surface area contributed by atoms with Crippen molar-refractivity contribution in [2.45, 2.75) is 13.0 Å². The maximum Gasteiger partial charge on any atom is 0.338 e. The summed E-state index contributed by atoms with van der Waals surface area (Å²) in [5, 5.41) is 7.27. The van der Waals surface area contributed by atoms with Gasteiger partial charge < -0.3 is 20.1 Å². The Morgan fingerprint density at radius 1 is 1.42 bits per heavy atom.